The lowest BCUT2D eigenvalue weighted by atomic mass is 9.67. The third-order valence-corrected chi connectivity index (χ3v) is 6.04. The Kier molecular flexibility index (Phi) is 5.48. The molecule has 0 bridgehead atoms. The number of hydrogen-bond donors (Lipinski definition) is 2. The molecule has 3 nitrogen and oxygen atoms in total. The van der Waals surface area contributed by atoms with Crippen molar-refractivity contribution >= 4 is 5.91 Å². The molecule has 2 aliphatic rings. The van der Waals surface area contributed by atoms with Crippen molar-refractivity contribution < 1.29 is 4.79 Å². The van der Waals surface area contributed by atoms with Crippen molar-refractivity contribution in [2.45, 2.75) is 77.2 Å². The molecule has 0 saturated heterocycles. The maximum absolute atomic E-state index is 12.6. The SMILES string of the molecule is CCC(CC)(CN)NC(=O)C1CCC2CCCCC2C1. The number of nitrogens with one attached hydrogen (secondary N) is 1. The first kappa shape index (κ1) is 15.8. The van der Waals surface area contributed by atoms with Gasteiger partial charge in [-0.3, -0.25) is 4.79 Å². The van der Waals surface area contributed by atoms with Crippen molar-refractivity contribution in [3.05, 3.63) is 0 Å². The minimum Gasteiger partial charge on any atom is -0.349 e. The highest BCUT2D eigenvalue weighted by Gasteiger charge is 2.37. The predicted molar refractivity (Wildman–Crippen MR) is 83.3 cm³/mol. The molecule has 3 heteroatoms. The molecule has 0 radical (unpaired) electrons. The highest BCUT2D eigenvalue weighted by molar-refractivity contribution is 5.79. The summed E-state index contributed by atoms with van der Waals surface area (Å²) in [5, 5.41) is 3.28. The lowest BCUT2D eigenvalue weighted by molar-refractivity contribution is -0.129. The van der Waals surface area contributed by atoms with E-state index >= 15 is 0 Å². The Morgan fingerprint density at radius 2 is 1.75 bits per heavy atom. The van der Waals surface area contributed by atoms with Crippen LogP contribution < -0.4 is 11.1 Å². The molecule has 3 atom stereocenters. The first-order valence-corrected chi connectivity index (χ1v) is 8.66. The molecule has 0 aromatic rings. The Morgan fingerprint density at radius 3 is 2.35 bits per heavy atom. The second-order valence-corrected chi connectivity index (χ2v) is 7.00. The molecule has 1 amide bonds. The summed E-state index contributed by atoms with van der Waals surface area (Å²) >= 11 is 0. The van der Waals surface area contributed by atoms with E-state index in [4.69, 9.17) is 5.73 Å². The zero-order chi connectivity index (χ0) is 14.6. The Hall–Kier alpha value is -0.570. The van der Waals surface area contributed by atoms with Gasteiger partial charge in [-0.15, -0.1) is 0 Å². The van der Waals surface area contributed by atoms with Gasteiger partial charge in [0.25, 0.3) is 0 Å². The summed E-state index contributed by atoms with van der Waals surface area (Å²) in [6.07, 6.45) is 10.8. The van der Waals surface area contributed by atoms with Crippen LogP contribution in [0.3, 0.4) is 0 Å². The fraction of sp³-hybridized carbons (Fsp3) is 0.941. The van der Waals surface area contributed by atoms with E-state index in [2.05, 4.69) is 19.2 Å². The van der Waals surface area contributed by atoms with Crippen molar-refractivity contribution in [1.29, 1.82) is 0 Å². The van der Waals surface area contributed by atoms with Crippen molar-refractivity contribution in [2.24, 2.45) is 23.5 Å². The second-order valence-electron chi connectivity index (χ2n) is 7.00. The lowest BCUT2D eigenvalue weighted by Crippen LogP contribution is -2.55. The Bertz CT molecular complexity index is 317. The van der Waals surface area contributed by atoms with Gasteiger partial charge in [-0.05, 0) is 43.9 Å². The molecular weight excluding hydrogens is 248 g/mol. The molecule has 2 rings (SSSR count). The first-order valence-electron chi connectivity index (χ1n) is 8.66. The molecule has 3 unspecified atom stereocenters. The van der Waals surface area contributed by atoms with E-state index in [-0.39, 0.29) is 17.4 Å². The van der Waals surface area contributed by atoms with Crippen LogP contribution in [0.15, 0.2) is 0 Å². The van der Waals surface area contributed by atoms with Gasteiger partial charge in [0.05, 0.1) is 5.54 Å². The summed E-state index contributed by atoms with van der Waals surface area (Å²) in [4.78, 5) is 12.6. The van der Waals surface area contributed by atoms with Crippen molar-refractivity contribution in [3.63, 3.8) is 0 Å². The average Bonchev–Trinajstić information content (AvgIpc) is 2.52. The minimum absolute atomic E-state index is 0.180. The van der Waals surface area contributed by atoms with Gasteiger partial charge in [0.1, 0.15) is 0 Å². The monoisotopic (exact) mass is 280 g/mol. The minimum atomic E-state index is -0.180. The quantitative estimate of drug-likeness (QED) is 0.812. The number of fused-ring (bicyclic) bond motifs is 1. The van der Waals surface area contributed by atoms with Crippen LogP contribution in [-0.4, -0.2) is 18.0 Å². The second kappa shape index (κ2) is 6.93. The van der Waals surface area contributed by atoms with Crippen LogP contribution in [0.5, 0.6) is 0 Å². The molecule has 0 aromatic heterocycles. The molecular formula is C17H32N2O. The average molecular weight is 280 g/mol. The van der Waals surface area contributed by atoms with Gasteiger partial charge < -0.3 is 11.1 Å². The van der Waals surface area contributed by atoms with E-state index in [0.29, 0.717) is 6.54 Å². The smallest absolute Gasteiger partial charge is 0.223 e. The predicted octanol–water partition coefficient (Wildman–Crippen LogP) is 3.23. The molecule has 116 valence electrons. The number of amides is 1. The van der Waals surface area contributed by atoms with Crippen molar-refractivity contribution in [2.75, 3.05) is 6.54 Å². The van der Waals surface area contributed by atoms with E-state index in [1.807, 2.05) is 0 Å². The van der Waals surface area contributed by atoms with E-state index < -0.39 is 0 Å². The maximum Gasteiger partial charge on any atom is 0.223 e. The van der Waals surface area contributed by atoms with Crippen molar-refractivity contribution in [1.82, 2.24) is 5.32 Å². The highest BCUT2D eigenvalue weighted by Crippen LogP contribution is 2.42. The van der Waals surface area contributed by atoms with Crippen LogP contribution in [-0.2, 0) is 4.79 Å². The normalized spacial score (nSPS) is 30.6. The van der Waals surface area contributed by atoms with E-state index in [0.717, 1.165) is 37.5 Å². The van der Waals surface area contributed by atoms with Crippen LogP contribution in [0.1, 0.15) is 71.6 Å². The van der Waals surface area contributed by atoms with Gasteiger partial charge >= 0.3 is 0 Å². The number of nitrogens with two attached hydrogens (primary N) is 1. The number of hydrogen-bond acceptors (Lipinski definition) is 2. The van der Waals surface area contributed by atoms with Crippen LogP contribution in [0, 0.1) is 17.8 Å². The highest BCUT2D eigenvalue weighted by atomic mass is 16.2. The zero-order valence-electron chi connectivity index (χ0n) is 13.3. The van der Waals surface area contributed by atoms with Crippen LogP contribution >= 0.6 is 0 Å². The van der Waals surface area contributed by atoms with Gasteiger partial charge in [-0.25, -0.2) is 0 Å². The van der Waals surface area contributed by atoms with Gasteiger partial charge in [-0.1, -0.05) is 39.5 Å². The Balaban J connectivity index is 1.92. The molecule has 20 heavy (non-hydrogen) atoms. The fourth-order valence-electron chi connectivity index (χ4n) is 4.24. The van der Waals surface area contributed by atoms with E-state index in [9.17, 15) is 4.79 Å². The summed E-state index contributed by atoms with van der Waals surface area (Å²) in [5.41, 5.74) is 5.72. The lowest BCUT2D eigenvalue weighted by Gasteiger charge is -2.40. The number of carbonyl (C=O) groups excluding carboxylic acids is 1. The fourth-order valence-corrected chi connectivity index (χ4v) is 4.24. The molecule has 0 heterocycles. The van der Waals surface area contributed by atoms with Crippen LogP contribution in [0.25, 0.3) is 0 Å². The largest absolute Gasteiger partial charge is 0.349 e. The topological polar surface area (TPSA) is 55.1 Å². The Labute approximate surface area is 124 Å². The third-order valence-electron chi connectivity index (χ3n) is 6.04. The molecule has 0 aliphatic heterocycles. The summed E-state index contributed by atoms with van der Waals surface area (Å²) in [6, 6.07) is 0. The summed E-state index contributed by atoms with van der Waals surface area (Å²) in [6.45, 7) is 4.79. The van der Waals surface area contributed by atoms with Crippen molar-refractivity contribution in [3.8, 4) is 0 Å². The van der Waals surface area contributed by atoms with E-state index in [1.165, 1.54) is 32.1 Å². The van der Waals surface area contributed by atoms with Gasteiger partial charge in [0.2, 0.25) is 5.91 Å². The summed E-state index contributed by atoms with van der Waals surface area (Å²) in [7, 11) is 0. The Morgan fingerprint density at radius 1 is 1.10 bits per heavy atom. The third kappa shape index (κ3) is 3.36. The van der Waals surface area contributed by atoms with Gasteiger partial charge in [-0.2, -0.15) is 0 Å². The zero-order valence-corrected chi connectivity index (χ0v) is 13.3. The molecule has 0 spiro atoms. The standard InChI is InChI=1S/C17H32N2O/c1-3-17(4-2,12-18)19-16(20)15-10-9-13-7-5-6-8-14(13)11-15/h13-15H,3-12,18H2,1-2H3,(H,19,20). The van der Waals surface area contributed by atoms with Crippen LogP contribution in [0.4, 0.5) is 0 Å². The van der Waals surface area contributed by atoms with Gasteiger partial charge in [0, 0.05) is 12.5 Å². The number of rotatable bonds is 5. The summed E-state index contributed by atoms with van der Waals surface area (Å²) in [5.74, 6) is 2.22. The number of carbonyl (C=O) groups is 1. The molecule has 2 saturated carbocycles. The van der Waals surface area contributed by atoms with Crippen LogP contribution in [0.2, 0.25) is 0 Å². The molecule has 0 aromatic carbocycles. The maximum atomic E-state index is 12.6. The molecule has 3 N–H and O–H groups in total. The molecule has 2 fully saturated rings. The molecule has 2 aliphatic carbocycles. The summed E-state index contributed by atoms with van der Waals surface area (Å²) < 4.78 is 0. The van der Waals surface area contributed by atoms with Gasteiger partial charge in [0.15, 0.2) is 0 Å². The first-order chi connectivity index (χ1) is 9.64. The van der Waals surface area contributed by atoms with E-state index in [1.54, 1.807) is 0 Å².